The van der Waals surface area contributed by atoms with Crippen LogP contribution < -0.4 is 0 Å². The highest BCUT2D eigenvalue weighted by atomic mass is 79.9. The van der Waals surface area contributed by atoms with Crippen molar-refractivity contribution in [1.82, 2.24) is 14.5 Å². The lowest BCUT2D eigenvalue weighted by molar-refractivity contribution is 0.0691. The molecule has 0 fully saturated rings. The number of rotatable bonds is 2. The zero-order valence-electron chi connectivity index (χ0n) is 8.38. The van der Waals surface area contributed by atoms with Crippen LogP contribution in [-0.2, 0) is 0 Å². The average Bonchev–Trinajstić information content (AvgIpc) is 2.66. The van der Waals surface area contributed by atoms with Crippen LogP contribution >= 0.6 is 15.9 Å². The quantitative estimate of drug-likeness (QED) is 0.915. The second-order valence-electron chi connectivity index (χ2n) is 3.27. The first-order valence-electron chi connectivity index (χ1n) is 4.48. The van der Waals surface area contributed by atoms with E-state index in [0.717, 1.165) is 10.0 Å². The van der Waals surface area contributed by atoms with Crippen molar-refractivity contribution in [2.45, 2.75) is 6.92 Å². The molecule has 5 nitrogen and oxygen atoms in total. The highest BCUT2D eigenvalue weighted by Gasteiger charge is 2.09. The molecule has 82 valence electrons. The zero-order valence-corrected chi connectivity index (χ0v) is 9.97. The van der Waals surface area contributed by atoms with Gasteiger partial charge in [0.05, 0.1) is 0 Å². The molecule has 2 aromatic heterocycles. The highest BCUT2D eigenvalue weighted by molar-refractivity contribution is 9.10. The van der Waals surface area contributed by atoms with Gasteiger partial charge in [-0.15, -0.1) is 0 Å². The number of aromatic carboxylic acids is 1. The van der Waals surface area contributed by atoms with Gasteiger partial charge in [0.15, 0.2) is 5.69 Å². The van der Waals surface area contributed by atoms with Gasteiger partial charge in [-0.2, -0.15) is 0 Å². The Morgan fingerprint density at radius 1 is 1.50 bits per heavy atom. The van der Waals surface area contributed by atoms with Gasteiger partial charge >= 0.3 is 5.97 Å². The monoisotopic (exact) mass is 281 g/mol. The molecule has 0 bridgehead atoms. The number of pyridine rings is 1. The number of carboxylic acids is 1. The summed E-state index contributed by atoms with van der Waals surface area (Å²) in [5.41, 5.74) is 0.938. The molecule has 0 amide bonds. The Bertz CT molecular complexity index is 551. The molecule has 6 heteroatoms. The molecule has 0 radical (unpaired) electrons. The van der Waals surface area contributed by atoms with E-state index in [1.165, 1.54) is 12.5 Å². The van der Waals surface area contributed by atoms with Gasteiger partial charge in [0.25, 0.3) is 0 Å². The van der Waals surface area contributed by atoms with Crippen LogP contribution in [0.5, 0.6) is 0 Å². The Labute approximate surface area is 99.9 Å². The van der Waals surface area contributed by atoms with Crippen molar-refractivity contribution >= 4 is 21.9 Å². The third kappa shape index (κ3) is 1.96. The molecule has 0 aliphatic rings. The van der Waals surface area contributed by atoms with Crippen LogP contribution in [0.15, 0.2) is 29.3 Å². The minimum absolute atomic E-state index is 0.00381. The Kier molecular flexibility index (Phi) is 2.74. The first-order chi connectivity index (χ1) is 7.58. The summed E-state index contributed by atoms with van der Waals surface area (Å²) < 4.78 is 2.47. The summed E-state index contributed by atoms with van der Waals surface area (Å²) in [5.74, 6) is -0.378. The molecule has 0 spiro atoms. The second kappa shape index (κ2) is 4.05. The van der Waals surface area contributed by atoms with Crippen molar-refractivity contribution in [3.63, 3.8) is 0 Å². The third-order valence-electron chi connectivity index (χ3n) is 2.06. The maximum atomic E-state index is 10.7. The number of carbonyl (C=O) groups is 1. The maximum absolute atomic E-state index is 10.7. The lowest BCUT2D eigenvalue weighted by Gasteiger charge is -2.04. The van der Waals surface area contributed by atoms with Crippen molar-refractivity contribution in [3.05, 3.63) is 40.5 Å². The first kappa shape index (κ1) is 10.8. The van der Waals surface area contributed by atoms with Crippen molar-refractivity contribution in [2.24, 2.45) is 0 Å². The molecule has 0 unspecified atom stereocenters. The molecule has 2 heterocycles. The van der Waals surface area contributed by atoms with Gasteiger partial charge in [-0.25, -0.2) is 14.8 Å². The summed E-state index contributed by atoms with van der Waals surface area (Å²) in [5, 5.41) is 8.75. The van der Waals surface area contributed by atoms with Crippen LogP contribution in [0.4, 0.5) is 0 Å². The number of halogens is 1. The molecule has 0 aliphatic heterocycles. The normalized spacial score (nSPS) is 10.4. The molecular weight excluding hydrogens is 274 g/mol. The predicted molar refractivity (Wildman–Crippen MR) is 60.8 cm³/mol. The zero-order chi connectivity index (χ0) is 11.7. The van der Waals surface area contributed by atoms with Crippen molar-refractivity contribution in [1.29, 1.82) is 0 Å². The Morgan fingerprint density at radius 2 is 2.25 bits per heavy atom. The SMILES string of the molecule is Cc1cc(Br)cnc1-n1cnc(C(=O)O)c1. The van der Waals surface area contributed by atoms with Crippen LogP contribution in [-0.4, -0.2) is 25.6 Å². The fourth-order valence-corrected chi connectivity index (χ4v) is 1.80. The van der Waals surface area contributed by atoms with Crippen LogP contribution in [0.25, 0.3) is 5.82 Å². The molecule has 16 heavy (non-hydrogen) atoms. The maximum Gasteiger partial charge on any atom is 0.356 e. The van der Waals surface area contributed by atoms with E-state index in [-0.39, 0.29) is 5.69 Å². The van der Waals surface area contributed by atoms with Crippen molar-refractivity contribution < 1.29 is 9.90 Å². The molecule has 0 saturated heterocycles. The van der Waals surface area contributed by atoms with E-state index in [9.17, 15) is 4.79 Å². The average molecular weight is 282 g/mol. The number of hydrogen-bond donors (Lipinski definition) is 1. The van der Waals surface area contributed by atoms with Gasteiger partial charge in [-0.05, 0) is 34.5 Å². The van der Waals surface area contributed by atoms with Gasteiger partial charge in [-0.1, -0.05) is 0 Å². The third-order valence-corrected chi connectivity index (χ3v) is 2.50. The smallest absolute Gasteiger partial charge is 0.356 e. The first-order valence-corrected chi connectivity index (χ1v) is 5.27. The molecular formula is C10H8BrN3O2. The van der Waals surface area contributed by atoms with E-state index in [1.54, 1.807) is 10.8 Å². The number of aryl methyl sites for hydroxylation is 1. The molecule has 2 rings (SSSR count). The fraction of sp³-hybridized carbons (Fsp3) is 0.100. The highest BCUT2D eigenvalue weighted by Crippen LogP contribution is 2.16. The topological polar surface area (TPSA) is 68.0 Å². The minimum atomic E-state index is -1.05. The van der Waals surface area contributed by atoms with Gasteiger partial charge in [-0.3, -0.25) is 4.57 Å². The Balaban J connectivity index is 2.46. The van der Waals surface area contributed by atoms with E-state index in [1.807, 2.05) is 13.0 Å². The fourth-order valence-electron chi connectivity index (χ4n) is 1.35. The summed E-state index contributed by atoms with van der Waals surface area (Å²) in [6.45, 7) is 1.90. The molecule has 0 aromatic carbocycles. The van der Waals surface area contributed by atoms with Crippen molar-refractivity contribution in [3.8, 4) is 5.82 Å². The van der Waals surface area contributed by atoms with Crippen LogP contribution in [0.2, 0.25) is 0 Å². The van der Waals surface area contributed by atoms with Gasteiger partial charge < -0.3 is 5.11 Å². The predicted octanol–water partition coefficient (Wildman–Crippen LogP) is 2.04. The van der Waals surface area contributed by atoms with Crippen LogP contribution in [0.1, 0.15) is 16.1 Å². The summed E-state index contributed by atoms with van der Waals surface area (Å²) in [6.07, 6.45) is 4.53. The standard InChI is InChI=1S/C10H8BrN3O2/c1-6-2-7(11)3-12-9(6)14-4-8(10(15)16)13-5-14/h2-5H,1H3,(H,15,16). The molecule has 2 aromatic rings. The van der Waals surface area contributed by atoms with E-state index in [0.29, 0.717) is 5.82 Å². The lowest BCUT2D eigenvalue weighted by atomic mass is 10.3. The summed E-state index contributed by atoms with van der Waals surface area (Å²) in [7, 11) is 0. The number of nitrogens with zero attached hydrogens (tertiary/aromatic N) is 3. The number of imidazole rings is 1. The van der Waals surface area contributed by atoms with Crippen molar-refractivity contribution in [2.75, 3.05) is 0 Å². The Hall–Kier alpha value is -1.69. The summed E-state index contributed by atoms with van der Waals surface area (Å²) in [6, 6.07) is 1.91. The van der Waals surface area contributed by atoms with E-state index >= 15 is 0 Å². The molecule has 0 aliphatic carbocycles. The van der Waals surface area contributed by atoms with E-state index in [4.69, 9.17) is 5.11 Å². The Morgan fingerprint density at radius 3 is 2.81 bits per heavy atom. The minimum Gasteiger partial charge on any atom is -0.476 e. The van der Waals surface area contributed by atoms with Gasteiger partial charge in [0, 0.05) is 16.9 Å². The van der Waals surface area contributed by atoms with Crippen LogP contribution in [0, 0.1) is 6.92 Å². The number of hydrogen-bond acceptors (Lipinski definition) is 3. The molecule has 1 N–H and O–H groups in total. The second-order valence-corrected chi connectivity index (χ2v) is 4.18. The summed E-state index contributed by atoms with van der Waals surface area (Å²) in [4.78, 5) is 18.7. The van der Waals surface area contributed by atoms with Gasteiger partial charge in [0.2, 0.25) is 0 Å². The van der Waals surface area contributed by atoms with E-state index in [2.05, 4.69) is 25.9 Å². The number of aromatic nitrogens is 3. The van der Waals surface area contributed by atoms with Gasteiger partial charge in [0.1, 0.15) is 12.1 Å². The molecule has 0 saturated carbocycles. The number of carboxylic acid groups (broad SMARTS) is 1. The largest absolute Gasteiger partial charge is 0.476 e. The van der Waals surface area contributed by atoms with Crippen LogP contribution in [0.3, 0.4) is 0 Å². The van der Waals surface area contributed by atoms with E-state index < -0.39 is 5.97 Å². The lowest BCUT2D eigenvalue weighted by Crippen LogP contribution is -1.99. The molecule has 0 atom stereocenters. The summed E-state index contributed by atoms with van der Waals surface area (Å²) >= 11 is 3.32.